The van der Waals surface area contributed by atoms with E-state index in [1.54, 1.807) is 0 Å². The van der Waals surface area contributed by atoms with Gasteiger partial charge in [0.05, 0.1) is 12.1 Å². The van der Waals surface area contributed by atoms with Gasteiger partial charge < -0.3 is 9.88 Å². The molecule has 1 amide bonds. The van der Waals surface area contributed by atoms with Crippen molar-refractivity contribution in [2.75, 3.05) is 0 Å². The highest BCUT2D eigenvalue weighted by atomic mass is 19.4. The number of amides is 1. The van der Waals surface area contributed by atoms with Crippen LogP contribution in [0.4, 0.5) is 13.2 Å². The Morgan fingerprint density at radius 3 is 3.00 bits per heavy atom. The van der Waals surface area contributed by atoms with Crippen molar-refractivity contribution in [3.05, 3.63) is 17.7 Å². The summed E-state index contributed by atoms with van der Waals surface area (Å²) in [6.45, 7) is 2.47. The number of rotatable bonds is 3. The van der Waals surface area contributed by atoms with E-state index < -0.39 is 24.9 Å². The quantitative estimate of drug-likeness (QED) is 0.916. The summed E-state index contributed by atoms with van der Waals surface area (Å²) in [5.41, 5.74) is 0.916. The topological polar surface area (TPSA) is 46.9 Å². The molecule has 1 atom stereocenters. The molecule has 2 heterocycles. The molecule has 0 fully saturated rings. The zero-order valence-electron chi connectivity index (χ0n) is 10.6. The van der Waals surface area contributed by atoms with Crippen LogP contribution in [0.25, 0.3) is 0 Å². The molecule has 0 spiro atoms. The summed E-state index contributed by atoms with van der Waals surface area (Å²) in [5.74, 6) is 0.431. The third-order valence-corrected chi connectivity index (χ3v) is 3.11. The number of carbonyl (C=O) groups is 1. The van der Waals surface area contributed by atoms with Gasteiger partial charge in [0.25, 0.3) is 0 Å². The maximum absolute atomic E-state index is 12.0. The first-order valence-corrected chi connectivity index (χ1v) is 6.22. The van der Waals surface area contributed by atoms with E-state index in [4.69, 9.17) is 0 Å². The summed E-state index contributed by atoms with van der Waals surface area (Å²) in [4.78, 5) is 15.8. The van der Waals surface area contributed by atoms with Gasteiger partial charge in [-0.1, -0.05) is 0 Å². The second kappa shape index (κ2) is 5.22. The van der Waals surface area contributed by atoms with Gasteiger partial charge in [-0.05, 0) is 13.3 Å². The van der Waals surface area contributed by atoms with Crippen molar-refractivity contribution in [1.82, 2.24) is 14.9 Å². The van der Waals surface area contributed by atoms with E-state index in [9.17, 15) is 18.0 Å². The van der Waals surface area contributed by atoms with Crippen LogP contribution in [0.3, 0.4) is 0 Å². The molecular formula is C12H16F3N3O. The summed E-state index contributed by atoms with van der Waals surface area (Å²) in [7, 11) is 0. The summed E-state index contributed by atoms with van der Waals surface area (Å²) < 4.78 is 38.0. The first kappa shape index (κ1) is 13.9. The van der Waals surface area contributed by atoms with Gasteiger partial charge in [-0.2, -0.15) is 13.2 Å². The SMILES string of the molecule is Cc1cn2c(n1)CC[C@H](NC(=O)CCC(F)(F)F)C2. The number of hydrogen-bond acceptors (Lipinski definition) is 2. The number of nitrogens with one attached hydrogen (secondary N) is 1. The molecule has 1 aliphatic heterocycles. The number of alkyl halides is 3. The number of aromatic nitrogens is 2. The number of nitrogens with zero attached hydrogens (tertiary/aromatic N) is 2. The number of carbonyl (C=O) groups excluding carboxylic acids is 1. The van der Waals surface area contributed by atoms with Gasteiger partial charge in [0.2, 0.25) is 5.91 Å². The predicted octanol–water partition coefficient (Wildman–Crippen LogP) is 1.97. The standard InChI is InChI=1S/C12H16F3N3O/c1-8-6-18-7-9(2-3-10(18)16-8)17-11(19)4-5-12(13,14)15/h6,9H,2-5,7H2,1H3,(H,17,19)/t9-/m0/s1. The van der Waals surface area contributed by atoms with Crippen LogP contribution in [0.5, 0.6) is 0 Å². The smallest absolute Gasteiger partial charge is 0.352 e. The molecule has 19 heavy (non-hydrogen) atoms. The summed E-state index contributed by atoms with van der Waals surface area (Å²) in [6, 6.07) is -0.109. The van der Waals surface area contributed by atoms with Gasteiger partial charge in [-0.3, -0.25) is 4.79 Å². The summed E-state index contributed by atoms with van der Waals surface area (Å²) in [5, 5.41) is 2.65. The van der Waals surface area contributed by atoms with Crippen LogP contribution >= 0.6 is 0 Å². The fourth-order valence-electron chi connectivity index (χ4n) is 2.26. The fourth-order valence-corrected chi connectivity index (χ4v) is 2.26. The lowest BCUT2D eigenvalue weighted by Crippen LogP contribution is -2.41. The third-order valence-electron chi connectivity index (χ3n) is 3.11. The molecule has 0 bridgehead atoms. The van der Waals surface area contributed by atoms with E-state index in [1.165, 1.54) is 0 Å². The molecule has 0 saturated heterocycles. The number of fused-ring (bicyclic) bond motifs is 1. The molecule has 0 aromatic carbocycles. The average molecular weight is 275 g/mol. The van der Waals surface area contributed by atoms with Crippen LogP contribution < -0.4 is 5.32 Å². The molecule has 1 aliphatic rings. The lowest BCUT2D eigenvalue weighted by molar-refractivity contribution is -0.144. The molecule has 1 aromatic heterocycles. The molecule has 0 saturated carbocycles. The van der Waals surface area contributed by atoms with Crippen molar-refractivity contribution in [2.24, 2.45) is 0 Å². The van der Waals surface area contributed by atoms with E-state index in [2.05, 4.69) is 10.3 Å². The van der Waals surface area contributed by atoms with Crippen molar-refractivity contribution in [3.63, 3.8) is 0 Å². The van der Waals surface area contributed by atoms with Gasteiger partial charge in [-0.15, -0.1) is 0 Å². The second-order valence-electron chi connectivity index (χ2n) is 4.87. The molecule has 0 radical (unpaired) electrons. The Kier molecular flexibility index (Phi) is 3.82. The first-order chi connectivity index (χ1) is 8.83. The van der Waals surface area contributed by atoms with Crippen molar-refractivity contribution >= 4 is 5.91 Å². The lowest BCUT2D eigenvalue weighted by Gasteiger charge is -2.24. The first-order valence-electron chi connectivity index (χ1n) is 6.22. The number of aryl methyl sites for hydroxylation is 2. The number of imidazole rings is 1. The predicted molar refractivity (Wildman–Crippen MR) is 62.5 cm³/mol. The Balaban J connectivity index is 1.83. The minimum absolute atomic E-state index is 0.109. The van der Waals surface area contributed by atoms with Crippen molar-refractivity contribution < 1.29 is 18.0 Å². The van der Waals surface area contributed by atoms with Crippen molar-refractivity contribution in [2.45, 2.75) is 51.4 Å². The van der Waals surface area contributed by atoms with Crippen LogP contribution in [0, 0.1) is 6.92 Å². The number of halogens is 3. The van der Waals surface area contributed by atoms with E-state index in [0.29, 0.717) is 13.0 Å². The molecule has 7 heteroatoms. The van der Waals surface area contributed by atoms with Crippen LogP contribution in [0.15, 0.2) is 6.20 Å². The molecule has 1 N–H and O–H groups in total. The van der Waals surface area contributed by atoms with Crippen LogP contribution in [-0.4, -0.2) is 27.7 Å². The van der Waals surface area contributed by atoms with Gasteiger partial charge in [0.15, 0.2) is 0 Å². The summed E-state index contributed by atoms with van der Waals surface area (Å²) >= 11 is 0. The van der Waals surface area contributed by atoms with Crippen LogP contribution in [-0.2, 0) is 17.8 Å². The molecule has 0 unspecified atom stereocenters. The molecular weight excluding hydrogens is 259 g/mol. The minimum Gasteiger partial charge on any atom is -0.352 e. The molecule has 4 nitrogen and oxygen atoms in total. The normalized spacial score (nSPS) is 19.1. The van der Waals surface area contributed by atoms with E-state index in [0.717, 1.165) is 17.9 Å². The van der Waals surface area contributed by atoms with Crippen LogP contribution in [0.2, 0.25) is 0 Å². The van der Waals surface area contributed by atoms with Crippen molar-refractivity contribution in [3.8, 4) is 0 Å². The highest BCUT2D eigenvalue weighted by Gasteiger charge is 2.29. The molecule has 106 valence electrons. The Morgan fingerprint density at radius 1 is 1.58 bits per heavy atom. The van der Waals surface area contributed by atoms with E-state index in [1.807, 2.05) is 17.7 Å². The van der Waals surface area contributed by atoms with Gasteiger partial charge >= 0.3 is 6.18 Å². The zero-order valence-corrected chi connectivity index (χ0v) is 10.6. The highest BCUT2D eigenvalue weighted by molar-refractivity contribution is 5.76. The number of hydrogen-bond donors (Lipinski definition) is 1. The minimum atomic E-state index is -4.28. The average Bonchev–Trinajstić information content (AvgIpc) is 2.65. The van der Waals surface area contributed by atoms with Gasteiger partial charge in [-0.25, -0.2) is 4.98 Å². The fraction of sp³-hybridized carbons (Fsp3) is 0.667. The van der Waals surface area contributed by atoms with Crippen molar-refractivity contribution in [1.29, 1.82) is 0 Å². The van der Waals surface area contributed by atoms with Crippen LogP contribution in [0.1, 0.15) is 30.8 Å². The zero-order chi connectivity index (χ0) is 14.0. The van der Waals surface area contributed by atoms with E-state index >= 15 is 0 Å². The molecule has 0 aliphatic carbocycles. The highest BCUT2D eigenvalue weighted by Crippen LogP contribution is 2.21. The Hall–Kier alpha value is -1.53. The van der Waals surface area contributed by atoms with Gasteiger partial charge in [0.1, 0.15) is 5.82 Å². The summed E-state index contributed by atoms with van der Waals surface area (Å²) in [6.07, 6.45) is -2.51. The Labute approximate surface area is 109 Å². The second-order valence-corrected chi connectivity index (χ2v) is 4.87. The molecule has 2 rings (SSSR count). The maximum atomic E-state index is 12.0. The Morgan fingerprint density at radius 2 is 2.32 bits per heavy atom. The lowest BCUT2D eigenvalue weighted by atomic mass is 10.1. The largest absolute Gasteiger partial charge is 0.389 e. The monoisotopic (exact) mass is 275 g/mol. The third kappa shape index (κ3) is 3.97. The van der Waals surface area contributed by atoms with E-state index in [-0.39, 0.29) is 6.04 Å². The molecule has 1 aromatic rings. The maximum Gasteiger partial charge on any atom is 0.389 e. The van der Waals surface area contributed by atoms with Gasteiger partial charge in [0, 0.05) is 31.6 Å². The Bertz CT molecular complexity index is 467.